The summed E-state index contributed by atoms with van der Waals surface area (Å²) in [5, 5.41) is 9.90. The van der Waals surface area contributed by atoms with Gasteiger partial charge in [-0.05, 0) is 17.7 Å². The van der Waals surface area contributed by atoms with Crippen LogP contribution in [-0.2, 0) is 6.61 Å². The second-order valence-electron chi connectivity index (χ2n) is 4.29. The van der Waals surface area contributed by atoms with Gasteiger partial charge in [-0.25, -0.2) is 0 Å². The number of H-pyrrole nitrogens is 1. The topological polar surface area (TPSA) is 48.8 Å². The van der Waals surface area contributed by atoms with E-state index in [-0.39, 0.29) is 0 Å². The Bertz CT molecular complexity index is 738. The molecule has 0 amide bonds. The molecule has 2 aromatic carbocycles. The summed E-state index contributed by atoms with van der Waals surface area (Å²) in [5.41, 5.74) is 2.53. The fraction of sp³-hybridized carbons (Fsp3) is 0.0625. The molecule has 0 saturated heterocycles. The quantitative estimate of drug-likeness (QED) is 0.769. The third kappa shape index (κ3) is 2.29. The minimum atomic E-state index is 0.515. The first kappa shape index (κ1) is 11.4. The van der Waals surface area contributed by atoms with E-state index in [0.29, 0.717) is 12.3 Å². The molecule has 0 aliphatic rings. The van der Waals surface area contributed by atoms with Crippen molar-refractivity contribution in [3.05, 3.63) is 65.9 Å². The first-order chi connectivity index (χ1) is 9.36. The summed E-state index contributed by atoms with van der Waals surface area (Å²) in [5.74, 6) is 0.767. The van der Waals surface area contributed by atoms with Crippen molar-refractivity contribution in [1.29, 1.82) is 5.26 Å². The van der Waals surface area contributed by atoms with E-state index in [0.717, 1.165) is 22.2 Å². The van der Waals surface area contributed by atoms with Crippen LogP contribution in [-0.4, -0.2) is 4.98 Å². The third-order valence-electron chi connectivity index (χ3n) is 2.98. The molecule has 1 aromatic heterocycles. The molecule has 92 valence electrons. The van der Waals surface area contributed by atoms with Gasteiger partial charge in [-0.3, -0.25) is 0 Å². The van der Waals surface area contributed by atoms with E-state index in [1.807, 2.05) is 54.6 Å². The van der Waals surface area contributed by atoms with Crippen LogP contribution in [0.3, 0.4) is 0 Å². The summed E-state index contributed by atoms with van der Waals surface area (Å²) in [6.45, 7) is 0.515. The van der Waals surface area contributed by atoms with E-state index in [9.17, 15) is 0 Å². The molecule has 0 aliphatic heterocycles. The summed E-state index contributed by atoms with van der Waals surface area (Å²) < 4.78 is 5.82. The number of aromatic amines is 1. The SMILES string of the molecule is N#Cc1cc2cccc(OCc3ccccc3)c2[nH]1. The van der Waals surface area contributed by atoms with Crippen molar-refractivity contribution in [1.82, 2.24) is 4.98 Å². The Morgan fingerprint density at radius 1 is 1.05 bits per heavy atom. The van der Waals surface area contributed by atoms with Crippen molar-refractivity contribution >= 4 is 10.9 Å². The largest absolute Gasteiger partial charge is 0.487 e. The second kappa shape index (κ2) is 4.87. The van der Waals surface area contributed by atoms with E-state index in [4.69, 9.17) is 10.00 Å². The van der Waals surface area contributed by atoms with Gasteiger partial charge in [0.05, 0.1) is 5.52 Å². The molecule has 0 fully saturated rings. The van der Waals surface area contributed by atoms with Gasteiger partial charge in [0.2, 0.25) is 0 Å². The predicted octanol–water partition coefficient (Wildman–Crippen LogP) is 3.62. The molecule has 3 aromatic rings. The number of aromatic nitrogens is 1. The normalized spacial score (nSPS) is 10.3. The first-order valence-electron chi connectivity index (χ1n) is 6.05. The average Bonchev–Trinajstić information content (AvgIpc) is 2.90. The molecule has 0 saturated carbocycles. The highest BCUT2D eigenvalue weighted by molar-refractivity contribution is 5.86. The lowest BCUT2D eigenvalue weighted by atomic mass is 10.2. The lowest BCUT2D eigenvalue weighted by Gasteiger charge is -2.07. The molecule has 0 atom stereocenters. The zero-order valence-electron chi connectivity index (χ0n) is 10.3. The van der Waals surface area contributed by atoms with E-state index >= 15 is 0 Å². The van der Waals surface area contributed by atoms with Crippen molar-refractivity contribution in [3.8, 4) is 11.8 Å². The smallest absolute Gasteiger partial charge is 0.143 e. The maximum absolute atomic E-state index is 8.92. The van der Waals surface area contributed by atoms with Crippen molar-refractivity contribution in [2.24, 2.45) is 0 Å². The van der Waals surface area contributed by atoms with E-state index in [1.54, 1.807) is 0 Å². The van der Waals surface area contributed by atoms with Gasteiger partial charge in [-0.15, -0.1) is 0 Å². The van der Waals surface area contributed by atoms with Crippen LogP contribution in [0.15, 0.2) is 54.6 Å². The molecule has 0 bridgehead atoms. The van der Waals surface area contributed by atoms with E-state index < -0.39 is 0 Å². The van der Waals surface area contributed by atoms with E-state index in [1.165, 1.54) is 0 Å². The molecular formula is C16H12N2O. The summed E-state index contributed by atoms with van der Waals surface area (Å²) >= 11 is 0. The van der Waals surface area contributed by atoms with Crippen LogP contribution in [0.4, 0.5) is 0 Å². The van der Waals surface area contributed by atoms with Gasteiger partial charge >= 0.3 is 0 Å². The van der Waals surface area contributed by atoms with Crippen molar-refractivity contribution in [2.75, 3.05) is 0 Å². The molecular weight excluding hydrogens is 236 g/mol. The Labute approximate surface area is 111 Å². The fourth-order valence-corrected chi connectivity index (χ4v) is 2.04. The maximum Gasteiger partial charge on any atom is 0.143 e. The van der Waals surface area contributed by atoms with Crippen LogP contribution >= 0.6 is 0 Å². The van der Waals surface area contributed by atoms with Crippen LogP contribution in [0.2, 0.25) is 0 Å². The number of rotatable bonds is 3. The maximum atomic E-state index is 8.92. The molecule has 0 unspecified atom stereocenters. The lowest BCUT2D eigenvalue weighted by molar-refractivity contribution is 0.309. The zero-order chi connectivity index (χ0) is 13.1. The average molecular weight is 248 g/mol. The Hall–Kier alpha value is -2.73. The third-order valence-corrected chi connectivity index (χ3v) is 2.98. The van der Waals surface area contributed by atoms with Crippen molar-refractivity contribution in [2.45, 2.75) is 6.61 Å². The first-order valence-corrected chi connectivity index (χ1v) is 6.05. The molecule has 19 heavy (non-hydrogen) atoms. The van der Waals surface area contributed by atoms with Crippen molar-refractivity contribution < 1.29 is 4.74 Å². The Balaban J connectivity index is 1.89. The molecule has 1 N–H and O–H groups in total. The summed E-state index contributed by atoms with van der Waals surface area (Å²) in [6.07, 6.45) is 0. The van der Waals surface area contributed by atoms with Gasteiger partial charge in [0.1, 0.15) is 24.1 Å². The number of benzene rings is 2. The van der Waals surface area contributed by atoms with Gasteiger partial charge in [0.15, 0.2) is 0 Å². The van der Waals surface area contributed by atoms with Gasteiger partial charge in [-0.2, -0.15) is 5.26 Å². The Kier molecular flexibility index (Phi) is 2.91. The number of fused-ring (bicyclic) bond motifs is 1. The van der Waals surface area contributed by atoms with Gasteiger partial charge in [-0.1, -0.05) is 42.5 Å². The number of nitrogens with one attached hydrogen (secondary N) is 1. The molecule has 0 aliphatic carbocycles. The number of hydrogen-bond donors (Lipinski definition) is 1. The zero-order valence-corrected chi connectivity index (χ0v) is 10.3. The minimum absolute atomic E-state index is 0.515. The van der Waals surface area contributed by atoms with Crippen LogP contribution in [0, 0.1) is 11.3 Å². The predicted molar refractivity (Wildman–Crippen MR) is 73.8 cm³/mol. The highest BCUT2D eigenvalue weighted by Gasteiger charge is 2.06. The molecule has 3 heteroatoms. The molecule has 1 heterocycles. The van der Waals surface area contributed by atoms with Crippen LogP contribution < -0.4 is 4.74 Å². The Morgan fingerprint density at radius 3 is 2.68 bits per heavy atom. The number of hydrogen-bond acceptors (Lipinski definition) is 2. The van der Waals surface area contributed by atoms with Crippen LogP contribution in [0.5, 0.6) is 5.75 Å². The number of nitriles is 1. The minimum Gasteiger partial charge on any atom is -0.487 e. The molecule has 3 nitrogen and oxygen atoms in total. The Morgan fingerprint density at radius 2 is 1.89 bits per heavy atom. The number of para-hydroxylation sites is 1. The molecule has 0 spiro atoms. The monoisotopic (exact) mass is 248 g/mol. The molecule has 3 rings (SSSR count). The highest BCUT2D eigenvalue weighted by Crippen LogP contribution is 2.26. The lowest BCUT2D eigenvalue weighted by Crippen LogP contribution is -1.95. The van der Waals surface area contributed by atoms with Gasteiger partial charge < -0.3 is 9.72 Å². The van der Waals surface area contributed by atoms with Gasteiger partial charge in [0.25, 0.3) is 0 Å². The van der Waals surface area contributed by atoms with Gasteiger partial charge in [0, 0.05) is 5.39 Å². The second-order valence-corrected chi connectivity index (χ2v) is 4.29. The summed E-state index contributed by atoms with van der Waals surface area (Å²) in [6, 6.07) is 19.7. The van der Waals surface area contributed by atoms with Crippen molar-refractivity contribution in [3.63, 3.8) is 0 Å². The van der Waals surface area contributed by atoms with E-state index in [2.05, 4.69) is 11.1 Å². The van der Waals surface area contributed by atoms with Crippen LogP contribution in [0.25, 0.3) is 10.9 Å². The molecule has 0 radical (unpaired) electrons. The number of nitrogens with zero attached hydrogens (tertiary/aromatic N) is 1. The fourth-order valence-electron chi connectivity index (χ4n) is 2.04. The highest BCUT2D eigenvalue weighted by atomic mass is 16.5. The summed E-state index contributed by atoms with van der Waals surface area (Å²) in [7, 11) is 0. The van der Waals surface area contributed by atoms with Crippen LogP contribution in [0.1, 0.15) is 11.3 Å². The number of ether oxygens (including phenoxy) is 1. The standard InChI is InChI=1S/C16H12N2O/c17-10-14-9-13-7-4-8-15(16(13)18-14)19-11-12-5-2-1-3-6-12/h1-9,18H,11H2. The summed E-state index contributed by atoms with van der Waals surface area (Å²) in [4.78, 5) is 3.06.